The number of nitrogens with zero attached hydrogens (tertiary/aromatic N) is 2. The van der Waals surface area contributed by atoms with Crippen molar-refractivity contribution in [2.45, 2.75) is 35.8 Å². The van der Waals surface area contributed by atoms with Crippen LogP contribution in [0.15, 0.2) is 42.5 Å². The lowest BCUT2D eigenvalue weighted by molar-refractivity contribution is -0.139. The van der Waals surface area contributed by atoms with Gasteiger partial charge in [-0.25, -0.2) is 4.90 Å². The molecule has 2 saturated heterocycles. The van der Waals surface area contributed by atoms with E-state index in [0.29, 0.717) is 40.6 Å². The lowest BCUT2D eigenvalue weighted by atomic mass is 9.81. The molecule has 2 aromatic carbocycles. The molecule has 0 bridgehead atoms. The number of rotatable bonds is 4. The number of benzene rings is 2. The molecule has 36 heavy (non-hydrogen) atoms. The number of imide groups is 1. The Morgan fingerprint density at radius 2 is 1.61 bits per heavy atom. The lowest BCUT2D eigenvalue weighted by Crippen LogP contribution is -2.34. The Bertz CT molecular complexity index is 1240. The summed E-state index contributed by atoms with van der Waals surface area (Å²) < 4.78 is 5.58. The molecule has 0 unspecified atom stereocenters. The molecule has 3 amide bonds. The van der Waals surface area contributed by atoms with Crippen molar-refractivity contribution in [3.63, 3.8) is 0 Å². The van der Waals surface area contributed by atoms with Gasteiger partial charge in [-0.05, 0) is 55.7 Å². The molecule has 5 atom stereocenters. The molecule has 2 aliphatic heterocycles. The van der Waals surface area contributed by atoms with E-state index in [1.807, 2.05) is 0 Å². The second-order valence-electron chi connectivity index (χ2n) is 9.45. The fraction of sp³-hybridized carbons (Fsp3) is 0.385. The first-order valence-corrected chi connectivity index (χ1v) is 13.9. The summed E-state index contributed by atoms with van der Waals surface area (Å²) in [7, 11) is 0. The minimum Gasteiger partial charge on any atom is -0.426 e. The number of amides is 3. The maximum atomic E-state index is 13.1. The van der Waals surface area contributed by atoms with E-state index in [1.165, 1.54) is 9.80 Å². The van der Waals surface area contributed by atoms with Crippen molar-refractivity contribution in [2.75, 3.05) is 16.3 Å². The minimum atomic E-state index is -0.631. The first-order chi connectivity index (χ1) is 17.2. The number of carbonyl (C=O) groups is 4. The van der Waals surface area contributed by atoms with Crippen molar-refractivity contribution in [1.29, 1.82) is 0 Å². The molecule has 1 aliphatic carbocycles. The molecular weight excluding hydrogens is 616 g/mol. The SMILES string of the molecule is Cc1cc(OC(=O)[C@@H]2CC(=O)N(c3ccccc3Cl)C2)ccc1N1C(=O)[C@@H]2C[C@@H](Br)[C@@H](Br)C[C@H]2C1=O. The number of halogens is 3. The normalized spacial score (nSPS) is 28.0. The molecule has 0 radical (unpaired) electrons. The zero-order valence-corrected chi connectivity index (χ0v) is 23.3. The highest BCUT2D eigenvalue weighted by Gasteiger charge is 2.52. The van der Waals surface area contributed by atoms with Gasteiger partial charge in [0.2, 0.25) is 17.7 Å². The summed E-state index contributed by atoms with van der Waals surface area (Å²) in [6.07, 6.45) is 1.23. The van der Waals surface area contributed by atoms with E-state index in [-0.39, 0.29) is 52.2 Å². The topological polar surface area (TPSA) is 84.0 Å². The monoisotopic (exact) mass is 636 g/mol. The second-order valence-corrected chi connectivity index (χ2v) is 12.2. The molecule has 1 saturated carbocycles. The summed E-state index contributed by atoms with van der Waals surface area (Å²) in [6.45, 7) is 1.95. The Morgan fingerprint density at radius 3 is 2.22 bits per heavy atom. The Hall–Kier alpha value is -2.23. The molecule has 188 valence electrons. The molecule has 0 N–H and O–H groups in total. The lowest BCUT2D eigenvalue weighted by Gasteiger charge is -2.29. The summed E-state index contributed by atoms with van der Waals surface area (Å²) in [5.74, 6) is -2.11. The summed E-state index contributed by atoms with van der Waals surface area (Å²) in [5.41, 5.74) is 1.71. The molecule has 0 spiro atoms. The van der Waals surface area contributed by atoms with Crippen LogP contribution in [0.5, 0.6) is 5.75 Å². The van der Waals surface area contributed by atoms with Crippen molar-refractivity contribution in [3.8, 4) is 5.75 Å². The molecule has 2 aromatic rings. The number of hydrogen-bond donors (Lipinski definition) is 0. The number of alkyl halides is 2. The van der Waals surface area contributed by atoms with Crippen LogP contribution in [0.4, 0.5) is 11.4 Å². The van der Waals surface area contributed by atoms with Crippen LogP contribution in [0.25, 0.3) is 0 Å². The Morgan fingerprint density at radius 1 is 0.972 bits per heavy atom. The van der Waals surface area contributed by atoms with Crippen molar-refractivity contribution in [2.24, 2.45) is 17.8 Å². The van der Waals surface area contributed by atoms with Gasteiger partial charge >= 0.3 is 5.97 Å². The van der Waals surface area contributed by atoms with Gasteiger partial charge in [0.05, 0.1) is 34.2 Å². The van der Waals surface area contributed by atoms with E-state index < -0.39 is 11.9 Å². The van der Waals surface area contributed by atoms with E-state index in [2.05, 4.69) is 31.9 Å². The number of ether oxygens (including phenoxy) is 1. The van der Waals surface area contributed by atoms with Gasteiger partial charge in [0.15, 0.2) is 0 Å². The van der Waals surface area contributed by atoms with Crippen LogP contribution >= 0.6 is 43.5 Å². The van der Waals surface area contributed by atoms with E-state index >= 15 is 0 Å². The van der Waals surface area contributed by atoms with Crippen LogP contribution in [-0.2, 0) is 19.2 Å². The average molecular weight is 639 g/mol. The molecule has 3 aliphatic rings. The van der Waals surface area contributed by atoms with Gasteiger partial charge in [-0.1, -0.05) is 55.6 Å². The Labute approximate surface area is 230 Å². The number of para-hydroxylation sites is 1. The molecule has 10 heteroatoms. The predicted molar refractivity (Wildman–Crippen MR) is 143 cm³/mol. The van der Waals surface area contributed by atoms with Gasteiger partial charge in [0.1, 0.15) is 5.75 Å². The van der Waals surface area contributed by atoms with Gasteiger partial charge in [-0.3, -0.25) is 19.2 Å². The van der Waals surface area contributed by atoms with E-state index in [9.17, 15) is 19.2 Å². The first kappa shape index (κ1) is 25.4. The Kier molecular flexibility index (Phi) is 7.00. The fourth-order valence-corrected chi connectivity index (χ4v) is 6.72. The summed E-state index contributed by atoms with van der Waals surface area (Å²) in [4.78, 5) is 54.7. The average Bonchev–Trinajstić information content (AvgIpc) is 3.33. The molecule has 3 fully saturated rings. The number of anilines is 2. The van der Waals surface area contributed by atoms with Gasteiger partial charge < -0.3 is 9.64 Å². The Balaban J connectivity index is 1.29. The van der Waals surface area contributed by atoms with Gasteiger partial charge in [0, 0.05) is 22.6 Å². The maximum absolute atomic E-state index is 13.1. The van der Waals surface area contributed by atoms with Crippen LogP contribution in [0, 0.1) is 24.7 Å². The van der Waals surface area contributed by atoms with Crippen LogP contribution in [-0.4, -0.2) is 39.9 Å². The predicted octanol–water partition coefficient (Wildman–Crippen LogP) is 5.03. The number of esters is 1. The highest BCUT2D eigenvalue weighted by molar-refractivity contribution is 9.12. The minimum absolute atomic E-state index is 0.0316. The third kappa shape index (κ3) is 4.50. The zero-order valence-electron chi connectivity index (χ0n) is 19.3. The fourth-order valence-electron chi connectivity index (χ4n) is 5.24. The smallest absolute Gasteiger partial charge is 0.316 e. The van der Waals surface area contributed by atoms with Crippen LogP contribution in [0.1, 0.15) is 24.8 Å². The molecule has 5 rings (SSSR count). The number of fused-ring (bicyclic) bond motifs is 1. The number of hydrogen-bond acceptors (Lipinski definition) is 5. The maximum Gasteiger partial charge on any atom is 0.316 e. The summed E-state index contributed by atoms with van der Waals surface area (Å²) >= 11 is 13.4. The van der Waals surface area contributed by atoms with Gasteiger partial charge in [0.25, 0.3) is 0 Å². The standard InChI is InChI=1S/C26H23Br2ClN2O5/c1-13-8-15(36-26(35)14-9-23(32)30(12-14)22-5-3-2-4-20(22)29)6-7-21(13)31-24(33)16-10-18(27)19(28)11-17(16)25(31)34/h2-8,14,16-19H,9-12H2,1H3/t14-,16-,17-,18-,19+/m1/s1. The molecular formula is C26H23Br2ClN2O5. The van der Waals surface area contributed by atoms with Gasteiger partial charge in [-0.15, -0.1) is 0 Å². The van der Waals surface area contributed by atoms with E-state index in [1.54, 1.807) is 49.4 Å². The van der Waals surface area contributed by atoms with Crippen molar-refractivity contribution in [3.05, 3.63) is 53.1 Å². The van der Waals surface area contributed by atoms with Gasteiger partial charge in [-0.2, -0.15) is 0 Å². The quantitative estimate of drug-likeness (QED) is 0.203. The highest BCUT2D eigenvalue weighted by atomic mass is 79.9. The van der Waals surface area contributed by atoms with Crippen LogP contribution < -0.4 is 14.5 Å². The summed E-state index contributed by atoms with van der Waals surface area (Å²) in [6, 6.07) is 11.8. The molecule has 7 nitrogen and oxygen atoms in total. The van der Waals surface area contributed by atoms with E-state index in [0.717, 1.165) is 0 Å². The third-order valence-corrected chi connectivity index (χ3v) is 10.2. The second kappa shape index (κ2) is 9.91. The number of aryl methyl sites for hydroxylation is 1. The third-order valence-electron chi connectivity index (χ3n) is 7.14. The first-order valence-electron chi connectivity index (χ1n) is 11.7. The van der Waals surface area contributed by atoms with Crippen LogP contribution in [0.2, 0.25) is 5.02 Å². The largest absolute Gasteiger partial charge is 0.426 e. The van der Waals surface area contributed by atoms with Crippen molar-refractivity contribution < 1.29 is 23.9 Å². The zero-order chi connectivity index (χ0) is 25.7. The number of carbonyl (C=O) groups excluding carboxylic acids is 4. The van der Waals surface area contributed by atoms with Crippen LogP contribution in [0.3, 0.4) is 0 Å². The van der Waals surface area contributed by atoms with E-state index in [4.69, 9.17) is 16.3 Å². The summed E-state index contributed by atoms with van der Waals surface area (Å²) in [5, 5.41) is 0.440. The van der Waals surface area contributed by atoms with Crippen molar-refractivity contribution >= 4 is 78.5 Å². The molecule has 0 aromatic heterocycles. The van der Waals surface area contributed by atoms with Crippen molar-refractivity contribution in [1.82, 2.24) is 0 Å². The highest BCUT2D eigenvalue weighted by Crippen LogP contribution is 2.45. The molecule has 2 heterocycles.